The van der Waals surface area contributed by atoms with Crippen LogP contribution in [0.1, 0.15) is 57.7 Å². The van der Waals surface area contributed by atoms with Gasteiger partial charge in [-0.05, 0) is 45.9 Å². The summed E-state index contributed by atoms with van der Waals surface area (Å²) in [6.07, 6.45) is 1.36. The number of unbranched alkanes of at least 4 members (excludes halogenated alkanes) is 1. The molecular weight excluding hydrogens is 345 g/mol. The average molecular weight is 380 g/mol. The van der Waals surface area contributed by atoms with E-state index in [1.807, 2.05) is 26.0 Å². The second-order valence-corrected chi connectivity index (χ2v) is 8.15. The molecule has 1 unspecified atom stereocenters. The molecule has 2 rings (SSSR count). The van der Waals surface area contributed by atoms with Gasteiger partial charge in [0.25, 0.3) is 0 Å². The van der Waals surface area contributed by atoms with Crippen LogP contribution in [-0.2, 0) is 11.3 Å². The lowest BCUT2D eigenvalue weighted by Gasteiger charge is -2.45. The third kappa shape index (κ3) is 6.18. The molecule has 6 heteroatoms. The number of halogens is 1. The number of hydrogen-bond donors (Lipinski definition) is 1. The van der Waals surface area contributed by atoms with Crippen LogP contribution >= 0.6 is 0 Å². The average Bonchev–Trinajstić information content (AvgIpc) is 2.59. The molecule has 0 saturated carbocycles. The normalized spacial score (nSPS) is 18.9. The first-order chi connectivity index (χ1) is 12.7. The van der Waals surface area contributed by atoms with E-state index in [1.54, 1.807) is 0 Å². The molecule has 1 atom stereocenters. The van der Waals surface area contributed by atoms with E-state index in [0.29, 0.717) is 18.7 Å². The number of carbonyl (C=O) groups is 1. The molecule has 0 aliphatic carbocycles. The van der Waals surface area contributed by atoms with Gasteiger partial charge >= 0.3 is 6.09 Å². The monoisotopic (exact) mass is 379 g/mol. The van der Waals surface area contributed by atoms with E-state index < -0.39 is 6.09 Å². The predicted molar refractivity (Wildman–Crippen MR) is 106 cm³/mol. The molecule has 27 heavy (non-hydrogen) atoms. The van der Waals surface area contributed by atoms with E-state index in [0.717, 1.165) is 38.0 Å². The van der Waals surface area contributed by atoms with Crippen LogP contribution in [0, 0.1) is 5.82 Å². The van der Waals surface area contributed by atoms with Gasteiger partial charge < -0.3 is 10.1 Å². The number of hydrogen-bond acceptors (Lipinski definition) is 4. The van der Waals surface area contributed by atoms with Crippen molar-refractivity contribution in [3.05, 3.63) is 35.1 Å². The summed E-state index contributed by atoms with van der Waals surface area (Å²) < 4.78 is 19.7. The fourth-order valence-corrected chi connectivity index (χ4v) is 3.29. The first-order valence-electron chi connectivity index (χ1n) is 9.88. The Kier molecular flexibility index (Phi) is 7.62. The summed E-state index contributed by atoms with van der Waals surface area (Å²) in [6, 6.07) is 4.94. The topological polar surface area (TPSA) is 44.8 Å². The summed E-state index contributed by atoms with van der Waals surface area (Å²) >= 11 is 0. The maximum absolute atomic E-state index is 14.6. The third-order valence-electron chi connectivity index (χ3n) is 5.43. The van der Waals surface area contributed by atoms with Gasteiger partial charge in [0.2, 0.25) is 0 Å². The number of rotatable bonds is 7. The molecule has 1 aliphatic rings. The fourth-order valence-electron chi connectivity index (χ4n) is 3.29. The molecule has 1 heterocycles. The van der Waals surface area contributed by atoms with E-state index in [9.17, 15) is 9.18 Å². The Balaban J connectivity index is 1.94. The molecule has 1 aromatic rings. The second kappa shape index (κ2) is 9.51. The van der Waals surface area contributed by atoms with Gasteiger partial charge in [0.1, 0.15) is 5.82 Å². The Morgan fingerprint density at radius 3 is 2.74 bits per heavy atom. The molecule has 1 amide bonds. The third-order valence-corrected chi connectivity index (χ3v) is 5.43. The summed E-state index contributed by atoms with van der Waals surface area (Å²) in [5, 5.41) is 2.76. The molecule has 1 aliphatic heterocycles. The van der Waals surface area contributed by atoms with Gasteiger partial charge in [0.05, 0.1) is 12.6 Å². The Morgan fingerprint density at radius 2 is 2.11 bits per heavy atom. The number of likely N-dealkylation sites (N-methyl/N-ethyl adjacent to an activating group) is 1. The van der Waals surface area contributed by atoms with Crippen molar-refractivity contribution < 1.29 is 13.9 Å². The van der Waals surface area contributed by atoms with Crippen molar-refractivity contribution in [2.45, 2.75) is 58.7 Å². The van der Waals surface area contributed by atoms with E-state index in [1.165, 1.54) is 6.07 Å². The summed E-state index contributed by atoms with van der Waals surface area (Å²) in [5.74, 6) is -0.225. The van der Waals surface area contributed by atoms with Crippen LogP contribution in [0.25, 0.3) is 0 Å². The Morgan fingerprint density at radius 1 is 1.37 bits per heavy atom. The standard InChI is InChI=1S/C21H34FN3O2/c1-6-7-12-27-20(26)23-16(2)17-8-9-18(19(22)13-17)14-25-11-10-24(5)21(3,4)15-25/h8-9,13,16H,6-7,10-12,14-15H2,1-5H3,(H,23,26). The number of piperazine rings is 1. The number of alkyl carbamates (subject to hydrolysis) is 1. The largest absolute Gasteiger partial charge is 0.450 e. The number of benzene rings is 1. The zero-order chi connectivity index (χ0) is 20.0. The maximum atomic E-state index is 14.6. The number of amides is 1. The van der Waals surface area contributed by atoms with Crippen LogP contribution in [-0.4, -0.2) is 54.7 Å². The van der Waals surface area contributed by atoms with E-state index in [4.69, 9.17) is 4.74 Å². The minimum atomic E-state index is -0.458. The highest BCUT2D eigenvalue weighted by molar-refractivity contribution is 5.67. The molecular formula is C21H34FN3O2. The quantitative estimate of drug-likeness (QED) is 0.729. The fraction of sp³-hybridized carbons (Fsp3) is 0.667. The summed E-state index contributed by atoms with van der Waals surface area (Å²) in [4.78, 5) is 16.4. The molecule has 0 aromatic heterocycles. The molecule has 1 saturated heterocycles. The van der Waals surface area contributed by atoms with Crippen molar-refractivity contribution in [2.75, 3.05) is 33.3 Å². The Hall–Kier alpha value is -1.66. The molecule has 0 bridgehead atoms. The van der Waals surface area contributed by atoms with Crippen LogP contribution in [0.15, 0.2) is 18.2 Å². The number of carbonyl (C=O) groups excluding carboxylic acids is 1. The Bertz CT molecular complexity index is 636. The van der Waals surface area contributed by atoms with Crippen molar-refractivity contribution >= 4 is 6.09 Å². The van der Waals surface area contributed by atoms with Crippen LogP contribution in [0.3, 0.4) is 0 Å². The lowest BCUT2D eigenvalue weighted by Crippen LogP contribution is -2.57. The zero-order valence-electron chi connectivity index (χ0n) is 17.3. The van der Waals surface area contributed by atoms with Crippen LogP contribution in [0.4, 0.5) is 9.18 Å². The maximum Gasteiger partial charge on any atom is 0.407 e. The van der Waals surface area contributed by atoms with Crippen molar-refractivity contribution in [3.63, 3.8) is 0 Å². The molecule has 5 nitrogen and oxygen atoms in total. The van der Waals surface area contributed by atoms with Crippen LogP contribution in [0.5, 0.6) is 0 Å². The highest BCUT2D eigenvalue weighted by Gasteiger charge is 2.31. The van der Waals surface area contributed by atoms with E-state index in [-0.39, 0.29) is 17.4 Å². The van der Waals surface area contributed by atoms with Gasteiger partial charge in [-0.1, -0.05) is 25.5 Å². The first kappa shape index (κ1) is 21.6. The molecule has 1 fully saturated rings. The number of nitrogens with zero attached hydrogens (tertiary/aromatic N) is 2. The van der Waals surface area contributed by atoms with Gasteiger partial charge in [-0.15, -0.1) is 0 Å². The smallest absolute Gasteiger partial charge is 0.407 e. The number of ether oxygens (including phenoxy) is 1. The van der Waals surface area contributed by atoms with Gasteiger partial charge in [0.15, 0.2) is 0 Å². The van der Waals surface area contributed by atoms with Gasteiger partial charge in [-0.2, -0.15) is 0 Å². The minimum Gasteiger partial charge on any atom is -0.450 e. The molecule has 0 spiro atoms. The van der Waals surface area contributed by atoms with Crippen molar-refractivity contribution in [2.24, 2.45) is 0 Å². The SMILES string of the molecule is CCCCOC(=O)NC(C)c1ccc(CN2CCN(C)C(C)(C)C2)c(F)c1. The first-order valence-corrected chi connectivity index (χ1v) is 9.88. The summed E-state index contributed by atoms with van der Waals surface area (Å²) in [7, 11) is 2.13. The van der Waals surface area contributed by atoms with Gasteiger partial charge in [-0.3, -0.25) is 9.80 Å². The lowest BCUT2D eigenvalue weighted by molar-refractivity contribution is 0.0355. The highest BCUT2D eigenvalue weighted by atomic mass is 19.1. The van der Waals surface area contributed by atoms with Crippen molar-refractivity contribution in [1.29, 1.82) is 0 Å². The van der Waals surface area contributed by atoms with Crippen molar-refractivity contribution in [1.82, 2.24) is 15.1 Å². The molecule has 152 valence electrons. The van der Waals surface area contributed by atoms with Gasteiger partial charge in [0, 0.05) is 37.3 Å². The zero-order valence-corrected chi connectivity index (χ0v) is 17.3. The summed E-state index contributed by atoms with van der Waals surface area (Å²) in [5.41, 5.74) is 1.52. The summed E-state index contributed by atoms with van der Waals surface area (Å²) in [6.45, 7) is 12.1. The van der Waals surface area contributed by atoms with E-state index >= 15 is 0 Å². The molecule has 0 radical (unpaired) electrons. The van der Waals surface area contributed by atoms with Gasteiger partial charge in [-0.25, -0.2) is 9.18 Å². The minimum absolute atomic E-state index is 0.0885. The van der Waals surface area contributed by atoms with Crippen molar-refractivity contribution in [3.8, 4) is 0 Å². The lowest BCUT2D eigenvalue weighted by atomic mass is 9.99. The molecule has 1 N–H and O–H groups in total. The van der Waals surface area contributed by atoms with E-state index in [2.05, 4.69) is 36.0 Å². The van der Waals surface area contributed by atoms with Crippen LogP contribution in [0.2, 0.25) is 0 Å². The Labute approximate surface area is 162 Å². The predicted octanol–water partition coefficient (Wildman–Crippen LogP) is 3.94. The van der Waals surface area contributed by atoms with Crippen LogP contribution < -0.4 is 5.32 Å². The molecule has 1 aromatic carbocycles. The second-order valence-electron chi connectivity index (χ2n) is 8.15. The highest BCUT2D eigenvalue weighted by Crippen LogP contribution is 2.23. The number of nitrogens with one attached hydrogen (secondary N) is 1.